The number of amides is 2. The van der Waals surface area contributed by atoms with Crippen LogP contribution in [0.2, 0.25) is 0 Å². The van der Waals surface area contributed by atoms with E-state index < -0.39 is 6.04 Å². The van der Waals surface area contributed by atoms with Crippen molar-refractivity contribution in [2.75, 3.05) is 26.5 Å². The molecule has 146 valence electrons. The molecule has 1 N–H and O–H groups in total. The van der Waals surface area contributed by atoms with Crippen molar-refractivity contribution in [1.82, 2.24) is 10.2 Å². The lowest BCUT2D eigenvalue weighted by Gasteiger charge is -2.22. The fraction of sp³-hybridized carbons (Fsp3) is 0.333. The van der Waals surface area contributed by atoms with Crippen molar-refractivity contribution >= 4 is 23.6 Å². The Hall–Kier alpha value is -2.67. The van der Waals surface area contributed by atoms with Crippen LogP contribution in [-0.4, -0.2) is 49.3 Å². The highest BCUT2D eigenvalue weighted by molar-refractivity contribution is 7.99. The molecule has 1 saturated heterocycles. The van der Waals surface area contributed by atoms with E-state index in [1.807, 2.05) is 42.5 Å². The van der Waals surface area contributed by atoms with Crippen LogP contribution >= 0.6 is 11.8 Å². The van der Waals surface area contributed by atoms with Crippen LogP contribution in [0.25, 0.3) is 0 Å². The molecule has 6 nitrogen and oxygen atoms in total. The lowest BCUT2D eigenvalue weighted by Crippen LogP contribution is -2.46. The average Bonchev–Trinajstić information content (AvgIpc) is 3.28. The highest BCUT2D eigenvalue weighted by atomic mass is 32.2. The molecule has 0 saturated carbocycles. The van der Waals surface area contributed by atoms with Crippen LogP contribution in [0.15, 0.2) is 42.5 Å². The van der Waals surface area contributed by atoms with Gasteiger partial charge in [0.15, 0.2) is 11.5 Å². The van der Waals surface area contributed by atoms with E-state index in [0.29, 0.717) is 29.4 Å². The Labute approximate surface area is 168 Å². The second-order valence-electron chi connectivity index (χ2n) is 6.71. The number of methoxy groups -OCH3 is 2. The van der Waals surface area contributed by atoms with Crippen molar-refractivity contribution in [2.24, 2.45) is 0 Å². The van der Waals surface area contributed by atoms with Gasteiger partial charge in [-0.2, -0.15) is 0 Å². The molecule has 0 spiro atoms. The zero-order valence-corrected chi connectivity index (χ0v) is 16.6. The highest BCUT2D eigenvalue weighted by Crippen LogP contribution is 2.52. The van der Waals surface area contributed by atoms with E-state index in [1.54, 1.807) is 23.8 Å². The zero-order chi connectivity index (χ0) is 19.7. The minimum atomic E-state index is -0.485. The maximum absolute atomic E-state index is 13.1. The van der Waals surface area contributed by atoms with E-state index in [4.69, 9.17) is 9.47 Å². The van der Waals surface area contributed by atoms with Gasteiger partial charge >= 0.3 is 0 Å². The molecule has 2 aromatic rings. The third-order valence-corrected chi connectivity index (χ3v) is 6.46. The summed E-state index contributed by atoms with van der Waals surface area (Å²) in [5, 5.41) is 2.82. The molecule has 2 atom stereocenters. The van der Waals surface area contributed by atoms with Gasteiger partial charge < -0.3 is 19.7 Å². The Morgan fingerprint density at radius 3 is 2.68 bits per heavy atom. The summed E-state index contributed by atoms with van der Waals surface area (Å²) in [5.74, 6) is 1.25. The molecule has 0 bridgehead atoms. The predicted molar refractivity (Wildman–Crippen MR) is 108 cm³/mol. The largest absolute Gasteiger partial charge is 0.493 e. The molecule has 0 aliphatic carbocycles. The summed E-state index contributed by atoms with van der Waals surface area (Å²) in [4.78, 5) is 27.6. The summed E-state index contributed by atoms with van der Waals surface area (Å²) in [6, 6.07) is 13.2. The number of thioether (sulfide) groups is 1. The van der Waals surface area contributed by atoms with Gasteiger partial charge in [0.05, 0.1) is 19.8 Å². The van der Waals surface area contributed by atoms with Crippen molar-refractivity contribution in [3.05, 3.63) is 59.2 Å². The lowest BCUT2D eigenvalue weighted by molar-refractivity contribution is -0.124. The first-order chi connectivity index (χ1) is 13.7. The van der Waals surface area contributed by atoms with Crippen LogP contribution in [0.4, 0.5) is 0 Å². The van der Waals surface area contributed by atoms with Crippen molar-refractivity contribution < 1.29 is 19.1 Å². The van der Waals surface area contributed by atoms with Gasteiger partial charge in [0.2, 0.25) is 5.91 Å². The molecule has 1 fully saturated rings. The summed E-state index contributed by atoms with van der Waals surface area (Å²) in [6.45, 7) is 0.542. The first-order valence-electron chi connectivity index (χ1n) is 9.16. The Bertz CT molecular complexity index is 903. The van der Waals surface area contributed by atoms with E-state index in [0.717, 1.165) is 12.0 Å². The monoisotopic (exact) mass is 398 g/mol. The SMILES string of the molecule is COc1ccc2c(c1OC)C(=O)N1C(C(=O)NCCc3ccccc3)CSC21. The van der Waals surface area contributed by atoms with Gasteiger partial charge in [-0.3, -0.25) is 9.59 Å². The predicted octanol–water partition coefficient (Wildman–Crippen LogP) is 2.63. The van der Waals surface area contributed by atoms with E-state index in [9.17, 15) is 9.59 Å². The number of hydrogen-bond donors (Lipinski definition) is 1. The van der Waals surface area contributed by atoms with Crippen LogP contribution in [-0.2, 0) is 11.2 Å². The number of rotatable bonds is 6. The van der Waals surface area contributed by atoms with Crippen LogP contribution in [0.3, 0.4) is 0 Å². The molecule has 2 aromatic carbocycles. The number of nitrogens with zero attached hydrogens (tertiary/aromatic N) is 1. The van der Waals surface area contributed by atoms with E-state index in [2.05, 4.69) is 5.32 Å². The van der Waals surface area contributed by atoms with E-state index in [1.165, 1.54) is 12.7 Å². The Morgan fingerprint density at radius 2 is 1.96 bits per heavy atom. The van der Waals surface area contributed by atoms with E-state index >= 15 is 0 Å². The molecule has 7 heteroatoms. The quantitative estimate of drug-likeness (QED) is 0.810. The smallest absolute Gasteiger partial charge is 0.260 e. The van der Waals surface area contributed by atoms with Gasteiger partial charge in [0.1, 0.15) is 11.4 Å². The minimum Gasteiger partial charge on any atom is -0.493 e. The van der Waals surface area contributed by atoms with Gasteiger partial charge in [0.25, 0.3) is 5.91 Å². The summed E-state index contributed by atoms with van der Waals surface area (Å²) in [6.07, 6.45) is 0.759. The summed E-state index contributed by atoms with van der Waals surface area (Å²) >= 11 is 1.61. The fourth-order valence-electron chi connectivity index (χ4n) is 3.79. The Morgan fingerprint density at radius 1 is 1.18 bits per heavy atom. The second kappa shape index (κ2) is 7.75. The standard InChI is InChI=1S/C21H22N2O4S/c1-26-16-9-8-14-17(18(16)27-2)20(25)23-15(12-28-21(14)23)19(24)22-11-10-13-6-4-3-5-7-13/h3-9,15,21H,10-12H2,1-2H3,(H,22,24). The number of nitrogens with one attached hydrogen (secondary N) is 1. The van der Waals surface area contributed by atoms with Crippen LogP contribution in [0, 0.1) is 0 Å². The lowest BCUT2D eigenvalue weighted by atomic mass is 10.1. The molecule has 4 rings (SSSR count). The molecule has 28 heavy (non-hydrogen) atoms. The number of ether oxygens (including phenoxy) is 2. The molecule has 2 heterocycles. The van der Waals surface area contributed by atoms with Crippen molar-refractivity contribution in [3.8, 4) is 11.5 Å². The van der Waals surface area contributed by atoms with Gasteiger partial charge in [0, 0.05) is 17.9 Å². The van der Waals surface area contributed by atoms with Gasteiger partial charge in [-0.05, 0) is 18.1 Å². The van der Waals surface area contributed by atoms with Crippen molar-refractivity contribution in [2.45, 2.75) is 17.8 Å². The molecule has 2 amide bonds. The summed E-state index contributed by atoms with van der Waals surface area (Å²) in [7, 11) is 3.07. The molecule has 0 aromatic heterocycles. The normalized spacial score (nSPS) is 19.9. The van der Waals surface area contributed by atoms with Crippen LogP contribution in [0.5, 0.6) is 11.5 Å². The minimum absolute atomic E-state index is 0.113. The first kappa shape index (κ1) is 18.7. The van der Waals surface area contributed by atoms with Gasteiger partial charge in [-0.25, -0.2) is 0 Å². The highest BCUT2D eigenvalue weighted by Gasteiger charge is 2.50. The number of benzene rings is 2. The molecule has 2 unspecified atom stereocenters. The molecular formula is C21H22N2O4S. The topological polar surface area (TPSA) is 67.9 Å². The maximum atomic E-state index is 13.1. The van der Waals surface area contributed by atoms with Crippen molar-refractivity contribution in [1.29, 1.82) is 0 Å². The third kappa shape index (κ3) is 3.09. The van der Waals surface area contributed by atoms with Crippen LogP contribution in [0.1, 0.15) is 26.9 Å². The second-order valence-corrected chi connectivity index (χ2v) is 7.82. The average molecular weight is 398 g/mol. The number of fused-ring (bicyclic) bond motifs is 3. The Balaban J connectivity index is 1.49. The van der Waals surface area contributed by atoms with E-state index in [-0.39, 0.29) is 17.2 Å². The fourth-order valence-corrected chi connectivity index (χ4v) is 5.24. The van der Waals surface area contributed by atoms with Gasteiger partial charge in [-0.15, -0.1) is 11.8 Å². The third-order valence-electron chi connectivity index (χ3n) is 5.15. The number of carbonyl (C=O) groups excluding carboxylic acids is 2. The van der Waals surface area contributed by atoms with Crippen LogP contribution < -0.4 is 14.8 Å². The van der Waals surface area contributed by atoms with Crippen molar-refractivity contribution in [3.63, 3.8) is 0 Å². The molecule has 0 radical (unpaired) electrons. The summed E-state index contributed by atoms with van der Waals surface area (Å²) < 4.78 is 10.8. The van der Waals surface area contributed by atoms with Gasteiger partial charge in [-0.1, -0.05) is 36.4 Å². The maximum Gasteiger partial charge on any atom is 0.260 e. The Kier molecular flexibility index (Phi) is 5.17. The zero-order valence-electron chi connectivity index (χ0n) is 15.8. The number of hydrogen-bond acceptors (Lipinski definition) is 5. The molecule has 2 aliphatic heterocycles. The number of carbonyl (C=O) groups is 2. The first-order valence-corrected chi connectivity index (χ1v) is 10.2. The molecular weight excluding hydrogens is 376 g/mol. The molecule has 2 aliphatic rings. The summed E-state index contributed by atoms with van der Waals surface area (Å²) in [5.41, 5.74) is 2.55.